The molecule has 0 spiro atoms. The van der Waals surface area contributed by atoms with Crippen LogP contribution in [0.4, 0.5) is 19.4 Å². The van der Waals surface area contributed by atoms with E-state index >= 15 is 0 Å². The largest absolute Gasteiger partial charge is 0.449 e. The second-order valence-electron chi connectivity index (χ2n) is 7.22. The number of amides is 1. The number of rotatable bonds is 6. The minimum Gasteiger partial charge on any atom is -0.449 e. The van der Waals surface area contributed by atoms with Crippen LogP contribution < -0.4 is 10.2 Å². The molecule has 1 aliphatic heterocycles. The quantitative estimate of drug-likeness (QED) is 0.806. The molecule has 1 saturated heterocycles. The third kappa shape index (κ3) is 4.94. The first kappa shape index (κ1) is 20.0. The van der Waals surface area contributed by atoms with Gasteiger partial charge in [-0.2, -0.15) is 0 Å². The fourth-order valence-corrected chi connectivity index (χ4v) is 3.10. The highest BCUT2D eigenvalue weighted by Crippen LogP contribution is 2.30. The second-order valence-corrected chi connectivity index (χ2v) is 7.22. The molecule has 1 N–H and O–H groups in total. The van der Waals surface area contributed by atoms with Gasteiger partial charge in [-0.3, -0.25) is 4.98 Å². The van der Waals surface area contributed by atoms with E-state index in [1.807, 2.05) is 18.7 Å². The van der Waals surface area contributed by atoms with E-state index in [1.165, 1.54) is 12.3 Å². The Morgan fingerprint density at radius 2 is 2.11 bits per heavy atom. The normalized spacial score (nSPS) is 16.6. The SMILES string of the molecule is CC(C)COC(=O)N[C@@H]1CCN(c2cncc(-c3ccccc3C(F)F)n2)C1. The number of aromatic nitrogens is 2. The number of hydrogen-bond acceptors (Lipinski definition) is 5. The maximum absolute atomic E-state index is 13.3. The van der Waals surface area contributed by atoms with Gasteiger partial charge in [-0.1, -0.05) is 38.1 Å². The van der Waals surface area contributed by atoms with Gasteiger partial charge in [0, 0.05) is 24.2 Å². The van der Waals surface area contributed by atoms with Gasteiger partial charge in [0.15, 0.2) is 0 Å². The van der Waals surface area contributed by atoms with E-state index in [0.29, 0.717) is 36.8 Å². The fraction of sp³-hybridized carbons (Fsp3) is 0.450. The summed E-state index contributed by atoms with van der Waals surface area (Å²) in [6.45, 7) is 5.57. The fourth-order valence-electron chi connectivity index (χ4n) is 3.10. The lowest BCUT2D eigenvalue weighted by Gasteiger charge is -2.19. The van der Waals surface area contributed by atoms with Crippen LogP contribution in [0.15, 0.2) is 36.7 Å². The lowest BCUT2D eigenvalue weighted by atomic mass is 10.1. The monoisotopic (exact) mass is 390 g/mol. The van der Waals surface area contributed by atoms with Crippen LogP contribution in [0.2, 0.25) is 0 Å². The Kier molecular flexibility index (Phi) is 6.38. The van der Waals surface area contributed by atoms with E-state index in [-0.39, 0.29) is 17.5 Å². The molecule has 1 aliphatic rings. The van der Waals surface area contributed by atoms with Crippen LogP contribution in [0.5, 0.6) is 0 Å². The number of hydrogen-bond donors (Lipinski definition) is 1. The van der Waals surface area contributed by atoms with Crippen molar-refractivity contribution in [2.45, 2.75) is 32.7 Å². The molecule has 150 valence electrons. The molecule has 0 radical (unpaired) electrons. The lowest BCUT2D eigenvalue weighted by molar-refractivity contribution is 0.130. The number of benzene rings is 1. The molecular weight excluding hydrogens is 366 g/mol. The van der Waals surface area contributed by atoms with Crippen molar-refractivity contribution in [2.24, 2.45) is 5.92 Å². The van der Waals surface area contributed by atoms with E-state index in [1.54, 1.807) is 24.4 Å². The first-order valence-electron chi connectivity index (χ1n) is 9.31. The van der Waals surface area contributed by atoms with Crippen molar-refractivity contribution >= 4 is 11.9 Å². The highest BCUT2D eigenvalue weighted by atomic mass is 19.3. The van der Waals surface area contributed by atoms with Gasteiger partial charge >= 0.3 is 6.09 Å². The molecule has 1 aromatic carbocycles. The molecule has 1 fully saturated rings. The zero-order valence-electron chi connectivity index (χ0n) is 15.9. The Hall–Kier alpha value is -2.77. The molecular formula is C20H24F2N4O2. The van der Waals surface area contributed by atoms with Crippen molar-refractivity contribution in [2.75, 3.05) is 24.6 Å². The molecule has 1 aromatic heterocycles. The number of alkyl halides is 2. The van der Waals surface area contributed by atoms with Gasteiger partial charge in [-0.25, -0.2) is 18.6 Å². The number of nitrogens with zero attached hydrogens (tertiary/aromatic N) is 3. The minimum atomic E-state index is -2.58. The average molecular weight is 390 g/mol. The predicted octanol–water partition coefficient (Wildman–Crippen LogP) is 4.04. The maximum Gasteiger partial charge on any atom is 0.407 e. The molecule has 0 saturated carbocycles. The molecule has 8 heteroatoms. The van der Waals surface area contributed by atoms with Crippen molar-refractivity contribution in [3.63, 3.8) is 0 Å². The van der Waals surface area contributed by atoms with Crippen molar-refractivity contribution in [1.29, 1.82) is 0 Å². The topological polar surface area (TPSA) is 67.3 Å². The summed E-state index contributed by atoms with van der Waals surface area (Å²) in [5, 5.41) is 2.85. The summed E-state index contributed by atoms with van der Waals surface area (Å²) in [4.78, 5) is 22.5. The number of carbonyl (C=O) groups is 1. The number of alkyl carbamates (subject to hydrolysis) is 1. The Morgan fingerprint density at radius 1 is 1.32 bits per heavy atom. The standard InChI is InChI=1S/C20H24F2N4O2/c1-13(2)12-28-20(27)24-14-7-8-26(11-14)18-10-23-9-17(25-18)15-5-3-4-6-16(15)19(21)22/h3-6,9-10,13-14,19H,7-8,11-12H2,1-2H3,(H,24,27)/t14-/m1/s1. The molecule has 2 aromatic rings. The molecule has 0 bridgehead atoms. The van der Waals surface area contributed by atoms with Crippen LogP contribution in [0.25, 0.3) is 11.3 Å². The zero-order valence-corrected chi connectivity index (χ0v) is 15.9. The Balaban J connectivity index is 1.68. The van der Waals surface area contributed by atoms with Gasteiger partial charge in [0.05, 0.1) is 30.7 Å². The number of carbonyl (C=O) groups excluding carboxylic acids is 1. The Morgan fingerprint density at radius 3 is 2.86 bits per heavy atom. The van der Waals surface area contributed by atoms with Crippen LogP contribution in [-0.2, 0) is 4.74 Å². The van der Waals surface area contributed by atoms with Crippen molar-refractivity contribution in [1.82, 2.24) is 15.3 Å². The van der Waals surface area contributed by atoms with Crippen molar-refractivity contribution in [3.8, 4) is 11.3 Å². The van der Waals surface area contributed by atoms with Gasteiger partial charge in [0.2, 0.25) is 0 Å². The minimum absolute atomic E-state index is 0.0570. The highest BCUT2D eigenvalue weighted by Gasteiger charge is 2.26. The van der Waals surface area contributed by atoms with E-state index in [4.69, 9.17) is 4.74 Å². The zero-order chi connectivity index (χ0) is 20.1. The summed E-state index contributed by atoms with van der Waals surface area (Å²) < 4.78 is 31.7. The molecule has 3 rings (SSSR count). The first-order valence-corrected chi connectivity index (χ1v) is 9.31. The molecule has 1 amide bonds. The highest BCUT2D eigenvalue weighted by molar-refractivity contribution is 5.68. The number of halogens is 2. The molecule has 6 nitrogen and oxygen atoms in total. The molecule has 2 heterocycles. The van der Waals surface area contributed by atoms with Gasteiger partial charge in [0.25, 0.3) is 6.43 Å². The van der Waals surface area contributed by atoms with Gasteiger partial charge in [-0.15, -0.1) is 0 Å². The third-order valence-electron chi connectivity index (χ3n) is 4.48. The Labute approximate surface area is 162 Å². The lowest BCUT2D eigenvalue weighted by Crippen LogP contribution is -2.38. The van der Waals surface area contributed by atoms with Crippen molar-refractivity contribution < 1.29 is 18.3 Å². The van der Waals surface area contributed by atoms with Gasteiger partial charge < -0.3 is 15.0 Å². The predicted molar refractivity (Wildman–Crippen MR) is 102 cm³/mol. The third-order valence-corrected chi connectivity index (χ3v) is 4.48. The molecule has 28 heavy (non-hydrogen) atoms. The van der Waals surface area contributed by atoms with E-state index < -0.39 is 12.5 Å². The van der Waals surface area contributed by atoms with Crippen molar-refractivity contribution in [3.05, 3.63) is 42.2 Å². The van der Waals surface area contributed by atoms with Gasteiger partial charge in [-0.05, 0) is 12.3 Å². The first-order chi connectivity index (χ1) is 13.4. The summed E-state index contributed by atoms with van der Waals surface area (Å²) >= 11 is 0. The van der Waals surface area contributed by atoms with Crippen LogP contribution >= 0.6 is 0 Å². The maximum atomic E-state index is 13.3. The second kappa shape index (κ2) is 8.95. The van der Waals surface area contributed by atoms with Gasteiger partial charge in [0.1, 0.15) is 5.82 Å². The van der Waals surface area contributed by atoms with Crippen LogP contribution in [0.1, 0.15) is 32.3 Å². The number of nitrogens with one attached hydrogen (secondary N) is 1. The summed E-state index contributed by atoms with van der Waals surface area (Å²) in [6, 6.07) is 6.24. The summed E-state index contributed by atoms with van der Waals surface area (Å²) in [6.07, 6.45) is 0.828. The summed E-state index contributed by atoms with van der Waals surface area (Å²) in [5.41, 5.74) is 0.710. The number of anilines is 1. The Bertz CT molecular complexity index is 816. The molecule has 0 unspecified atom stereocenters. The molecule has 0 aliphatic carbocycles. The average Bonchev–Trinajstić information content (AvgIpc) is 3.15. The number of ether oxygens (including phenoxy) is 1. The van der Waals surface area contributed by atoms with E-state index in [9.17, 15) is 13.6 Å². The summed E-state index contributed by atoms with van der Waals surface area (Å²) in [5.74, 6) is 0.876. The van der Waals surface area contributed by atoms with Crippen LogP contribution in [-0.4, -0.2) is 41.8 Å². The molecule has 1 atom stereocenters. The van der Waals surface area contributed by atoms with E-state index in [2.05, 4.69) is 15.3 Å². The smallest absolute Gasteiger partial charge is 0.407 e. The summed E-state index contributed by atoms with van der Waals surface area (Å²) in [7, 11) is 0. The van der Waals surface area contributed by atoms with Crippen LogP contribution in [0.3, 0.4) is 0 Å². The van der Waals surface area contributed by atoms with E-state index in [0.717, 1.165) is 6.42 Å². The van der Waals surface area contributed by atoms with Crippen LogP contribution in [0, 0.1) is 5.92 Å².